The molecule has 4 nitrogen and oxygen atoms in total. The molecule has 4 atom stereocenters. The second-order valence-electron chi connectivity index (χ2n) is 6.89. The van der Waals surface area contributed by atoms with Gasteiger partial charge in [0.15, 0.2) is 8.32 Å². The lowest BCUT2D eigenvalue weighted by molar-refractivity contribution is 0.240. The number of hydrogen-bond donors (Lipinski definition) is 1. The Morgan fingerprint density at radius 3 is 2.42 bits per heavy atom. The first kappa shape index (κ1) is 15.2. The van der Waals surface area contributed by atoms with Gasteiger partial charge < -0.3 is 19.0 Å². The van der Waals surface area contributed by atoms with Crippen molar-refractivity contribution in [3.05, 3.63) is 12.2 Å². The van der Waals surface area contributed by atoms with Gasteiger partial charge in [-0.15, -0.1) is 0 Å². The van der Waals surface area contributed by atoms with E-state index in [1.54, 1.807) is 0 Å². The van der Waals surface area contributed by atoms with Crippen molar-refractivity contribution in [3.63, 3.8) is 0 Å². The standard InChI is InChI=1S/C14H26O4Si/c1-14(2,3)19(4,5)16-8-6-7-10-12(17-10)13-11(9-15)18-13/h6-7,10-13,15H,8-9H2,1-5H3/b7-6+/t10-,11-,12+,13+/m0/s1. The molecule has 2 aliphatic heterocycles. The van der Waals surface area contributed by atoms with Crippen LogP contribution in [0.1, 0.15) is 20.8 Å². The molecule has 0 aromatic rings. The number of ether oxygens (including phenoxy) is 2. The maximum absolute atomic E-state index is 8.91. The molecule has 0 aromatic heterocycles. The third-order valence-electron chi connectivity index (χ3n) is 4.36. The number of rotatable bonds is 6. The molecule has 19 heavy (non-hydrogen) atoms. The second kappa shape index (κ2) is 5.29. The highest BCUT2D eigenvalue weighted by atomic mass is 28.4. The normalized spacial score (nSPS) is 34.8. The maximum Gasteiger partial charge on any atom is 0.192 e. The zero-order chi connectivity index (χ0) is 14.3. The van der Waals surface area contributed by atoms with Crippen LogP contribution in [0.5, 0.6) is 0 Å². The number of epoxide rings is 2. The van der Waals surface area contributed by atoms with Gasteiger partial charge in [0.2, 0.25) is 0 Å². The van der Waals surface area contributed by atoms with Gasteiger partial charge >= 0.3 is 0 Å². The van der Waals surface area contributed by atoms with E-state index in [1.807, 2.05) is 12.2 Å². The molecule has 2 fully saturated rings. The van der Waals surface area contributed by atoms with Crippen LogP contribution in [-0.4, -0.2) is 51.1 Å². The highest BCUT2D eigenvalue weighted by molar-refractivity contribution is 6.74. The zero-order valence-corrected chi connectivity index (χ0v) is 13.6. The van der Waals surface area contributed by atoms with Crippen LogP contribution in [0.2, 0.25) is 18.1 Å². The Morgan fingerprint density at radius 2 is 1.89 bits per heavy atom. The van der Waals surface area contributed by atoms with Crippen molar-refractivity contribution < 1.29 is 19.0 Å². The summed E-state index contributed by atoms with van der Waals surface area (Å²) in [4.78, 5) is 0. The lowest BCUT2D eigenvalue weighted by Crippen LogP contribution is -2.40. The molecule has 0 aromatic carbocycles. The van der Waals surface area contributed by atoms with Crippen LogP contribution in [0.4, 0.5) is 0 Å². The lowest BCUT2D eigenvalue weighted by Gasteiger charge is -2.35. The first-order chi connectivity index (χ1) is 8.76. The van der Waals surface area contributed by atoms with Gasteiger partial charge in [0, 0.05) is 0 Å². The number of aliphatic hydroxyl groups is 1. The van der Waals surface area contributed by atoms with Crippen LogP contribution in [0, 0.1) is 0 Å². The molecule has 2 heterocycles. The Bertz CT molecular complexity index is 348. The summed E-state index contributed by atoms with van der Waals surface area (Å²) in [7, 11) is -1.65. The molecular formula is C14H26O4Si. The van der Waals surface area contributed by atoms with E-state index in [0.717, 1.165) is 0 Å². The van der Waals surface area contributed by atoms with Crippen molar-refractivity contribution in [3.8, 4) is 0 Å². The topological polar surface area (TPSA) is 54.5 Å². The summed E-state index contributed by atoms with van der Waals surface area (Å²) < 4.78 is 16.8. The van der Waals surface area contributed by atoms with E-state index < -0.39 is 8.32 Å². The van der Waals surface area contributed by atoms with E-state index >= 15 is 0 Å². The molecule has 110 valence electrons. The van der Waals surface area contributed by atoms with Crippen LogP contribution in [-0.2, 0) is 13.9 Å². The Balaban J connectivity index is 1.66. The SMILES string of the molecule is CC(C)(C)[Si](C)(C)OC/C=C/[C@@H]1O[C@H]1[C@@H]1O[C@H]1CO. The molecule has 0 bridgehead atoms. The summed E-state index contributed by atoms with van der Waals surface area (Å²) in [5.41, 5.74) is 0. The Labute approximate surface area is 116 Å². The van der Waals surface area contributed by atoms with E-state index in [-0.39, 0.29) is 36.1 Å². The third kappa shape index (κ3) is 3.67. The minimum atomic E-state index is -1.65. The van der Waals surface area contributed by atoms with Gasteiger partial charge in [-0.05, 0) is 18.1 Å². The van der Waals surface area contributed by atoms with Crippen molar-refractivity contribution in [1.82, 2.24) is 0 Å². The van der Waals surface area contributed by atoms with E-state index in [9.17, 15) is 0 Å². The number of hydrogen-bond acceptors (Lipinski definition) is 4. The average Bonchev–Trinajstić information content (AvgIpc) is 3.16. The fourth-order valence-corrected chi connectivity index (χ4v) is 2.76. The molecule has 5 heteroatoms. The number of aliphatic hydroxyl groups excluding tert-OH is 1. The summed E-state index contributed by atoms with van der Waals surface area (Å²) >= 11 is 0. The van der Waals surface area contributed by atoms with Crippen molar-refractivity contribution in [2.75, 3.05) is 13.2 Å². The van der Waals surface area contributed by atoms with Crippen LogP contribution in [0.25, 0.3) is 0 Å². The predicted octanol–water partition coefficient (Wildman–Crippen LogP) is 2.09. The third-order valence-corrected chi connectivity index (χ3v) is 8.86. The summed E-state index contributed by atoms with van der Waals surface area (Å²) in [6.45, 7) is 12.0. The summed E-state index contributed by atoms with van der Waals surface area (Å²) in [6, 6.07) is 0. The van der Waals surface area contributed by atoms with Crippen molar-refractivity contribution in [2.45, 2.75) is 63.3 Å². The van der Waals surface area contributed by atoms with Crippen molar-refractivity contribution >= 4 is 8.32 Å². The van der Waals surface area contributed by atoms with Gasteiger partial charge in [-0.2, -0.15) is 0 Å². The Kier molecular flexibility index (Phi) is 4.23. The molecule has 0 aliphatic carbocycles. The molecular weight excluding hydrogens is 260 g/mol. The van der Waals surface area contributed by atoms with E-state index in [2.05, 4.69) is 33.9 Å². The van der Waals surface area contributed by atoms with Gasteiger partial charge in [-0.25, -0.2) is 0 Å². The molecule has 2 rings (SSSR count). The van der Waals surface area contributed by atoms with Crippen molar-refractivity contribution in [2.24, 2.45) is 0 Å². The van der Waals surface area contributed by atoms with Gasteiger partial charge in [0.05, 0.1) is 13.2 Å². The van der Waals surface area contributed by atoms with E-state index in [0.29, 0.717) is 6.61 Å². The summed E-state index contributed by atoms with van der Waals surface area (Å²) in [6.07, 6.45) is 4.47. The Morgan fingerprint density at radius 1 is 1.21 bits per heavy atom. The molecule has 0 spiro atoms. The Hall–Kier alpha value is -0.203. The quantitative estimate of drug-likeness (QED) is 0.461. The molecule has 0 unspecified atom stereocenters. The zero-order valence-electron chi connectivity index (χ0n) is 12.6. The van der Waals surface area contributed by atoms with Crippen LogP contribution in [0.3, 0.4) is 0 Å². The predicted molar refractivity (Wildman–Crippen MR) is 76.7 cm³/mol. The van der Waals surface area contributed by atoms with Crippen molar-refractivity contribution in [1.29, 1.82) is 0 Å². The minimum absolute atomic E-state index is 0.00752. The van der Waals surface area contributed by atoms with Crippen LogP contribution < -0.4 is 0 Å². The monoisotopic (exact) mass is 286 g/mol. The molecule has 0 saturated carbocycles. The average molecular weight is 286 g/mol. The first-order valence-electron chi connectivity index (χ1n) is 6.98. The van der Waals surface area contributed by atoms with Gasteiger partial charge in [-0.1, -0.05) is 32.9 Å². The summed E-state index contributed by atoms with van der Waals surface area (Å²) in [5.74, 6) is 0. The summed E-state index contributed by atoms with van der Waals surface area (Å²) in [5, 5.41) is 9.15. The van der Waals surface area contributed by atoms with E-state index in [1.165, 1.54) is 0 Å². The second-order valence-corrected chi connectivity index (χ2v) is 11.7. The smallest absolute Gasteiger partial charge is 0.192 e. The lowest BCUT2D eigenvalue weighted by atomic mass is 10.2. The molecule has 0 amide bonds. The largest absolute Gasteiger partial charge is 0.413 e. The van der Waals surface area contributed by atoms with Gasteiger partial charge in [-0.3, -0.25) is 0 Å². The highest BCUT2D eigenvalue weighted by Gasteiger charge is 2.56. The van der Waals surface area contributed by atoms with Crippen LogP contribution in [0.15, 0.2) is 12.2 Å². The minimum Gasteiger partial charge on any atom is -0.413 e. The van der Waals surface area contributed by atoms with Crippen LogP contribution >= 0.6 is 0 Å². The molecule has 2 aliphatic rings. The van der Waals surface area contributed by atoms with E-state index in [4.69, 9.17) is 19.0 Å². The maximum atomic E-state index is 8.91. The van der Waals surface area contributed by atoms with Gasteiger partial charge in [0.1, 0.15) is 24.4 Å². The first-order valence-corrected chi connectivity index (χ1v) is 9.89. The molecule has 2 saturated heterocycles. The molecule has 1 N–H and O–H groups in total. The molecule has 0 radical (unpaired) electrons. The highest BCUT2D eigenvalue weighted by Crippen LogP contribution is 2.39. The van der Waals surface area contributed by atoms with Gasteiger partial charge in [0.25, 0.3) is 0 Å². The fraction of sp³-hybridized carbons (Fsp3) is 0.857. The fourth-order valence-electron chi connectivity index (χ4n) is 1.81.